The van der Waals surface area contributed by atoms with Crippen LogP contribution in [0, 0.1) is 17.3 Å². The molecule has 0 spiro atoms. The van der Waals surface area contributed by atoms with Crippen LogP contribution in [0.5, 0.6) is 0 Å². The van der Waals surface area contributed by atoms with Crippen LogP contribution in [0.25, 0.3) is 0 Å². The van der Waals surface area contributed by atoms with Gasteiger partial charge < -0.3 is 19.3 Å². The first-order chi connectivity index (χ1) is 12.7. The highest BCUT2D eigenvalue weighted by molar-refractivity contribution is 5.67. The van der Waals surface area contributed by atoms with Gasteiger partial charge in [0.1, 0.15) is 17.8 Å². The summed E-state index contributed by atoms with van der Waals surface area (Å²) in [4.78, 5) is 23.1. The maximum atomic E-state index is 11.6. The third kappa shape index (κ3) is 3.48. The average molecular weight is 376 g/mol. The standard InChI is InChI=1S/C21H28O6/c1-13-17(26-14(2)22)10-18-20(4,21(18,24)19(13)27-15(3)23)12-25-11-16-8-6-5-7-9-16/h5-9,13,17-19,24H,10-12H2,1-4H3/t13-,17-,18?,19+,20?,21+/m0/s1. The van der Waals surface area contributed by atoms with Crippen LogP contribution in [0.15, 0.2) is 30.3 Å². The van der Waals surface area contributed by atoms with Crippen molar-refractivity contribution in [3.05, 3.63) is 35.9 Å². The van der Waals surface area contributed by atoms with Gasteiger partial charge in [-0.1, -0.05) is 44.2 Å². The molecule has 2 fully saturated rings. The molecule has 0 heterocycles. The number of carbonyl (C=O) groups excluding carboxylic acids is 2. The third-order valence-corrected chi connectivity index (χ3v) is 6.22. The van der Waals surface area contributed by atoms with Gasteiger partial charge in [0.25, 0.3) is 0 Å². The molecule has 6 nitrogen and oxygen atoms in total. The number of rotatable bonds is 6. The zero-order valence-electron chi connectivity index (χ0n) is 16.3. The monoisotopic (exact) mass is 376 g/mol. The molecule has 0 radical (unpaired) electrons. The molecule has 0 amide bonds. The van der Waals surface area contributed by atoms with Crippen LogP contribution in [0.3, 0.4) is 0 Å². The second-order valence-corrected chi connectivity index (χ2v) is 8.05. The van der Waals surface area contributed by atoms with Crippen molar-refractivity contribution in [3.8, 4) is 0 Å². The lowest BCUT2D eigenvalue weighted by Crippen LogP contribution is -2.50. The Morgan fingerprint density at radius 1 is 1.15 bits per heavy atom. The van der Waals surface area contributed by atoms with E-state index < -0.39 is 29.2 Å². The Morgan fingerprint density at radius 3 is 2.37 bits per heavy atom. The van der Waals surface area contributed by atoms with Crippen molar-refractivity contribution in [1.29, 1.82) is 0 Å². The van der Waals surface area contributed by atoms with Crippen LogP contribution >= 0.6 is 0 Å². The van der Waals surface area contributed by atoms with Crippen LogP contribution < -0.4 is 0 Å². The molecular weight excluding hydrogens is 348 g/mol. The first-order valence-electron chi connectivity index (χ1n) is 9.38. The molecule has 0 aromatic heterocycles. The second-order valence-electron chi connectivity index (χ2n) is 8.05. The molecule has 1 aromatic carbocycles. The molecule has 2 aliphatic rings. The molecule has 27 heavy (non-hydrogen) atoms. The van der Waals surface area contributed by atoms with Crippen LogP contribution in [-0.2, 0) is 30.4 Å². The van der Waals surface area contributed by atoms with Gasteiger partial charge >= 0.3 is 11.9 Å². The molecule has 2 aliphatic carbocycles. The number of ether oxygens (including phenoxy) is 3. The first kappa shape index (κ1) is 19.8. The number of hydrogen-bond donors (Lipinski definition) is 1. The molecule has 6 heteroatoms. The molecule has 1 N–H and O–H groups in total. The zero-order valence-corrected chi connectivity index (χ0v) is 16.3. The summed E-state index contributed by atoms with van der Waals surface area (Å²) in [6.07, 6.45) is -0.600. The lowest BCUT2D eigenvalue weighted by molar-refractivity contribution is -0.181. The molecule has 2 unspecified atom stereocenters. The van der Waals surface area contributed by atoms with Crippen molar-refractivity contribution in [3.63, 3.8) is 0 Å². The molecule has 6 atom stereocenters. The first-order valence-corrected chi connectivity index (χ1v) is 9.38. The Bertz CT molecular complexity index is 704. The van der Waals surface area contributed by atoms with Crippen molar-refractivity contribution in [2.45, 2.75) is 58.5 Å². The third-order valence-electron chi connectivity index (χ3n) is 6.22. The minimum Gasteiger partial charge on any atom is -0.462 e. The van der Waals surface area contributed by atoms with E-state index in [0.717, 1.165) is 5.56 Å². The van der Waals surface area contributed by atoms with Crippen molar-refractivity contribution in [1.82, 2.24) is 0 Å². The van der Waals surface area contributed by atoms with Crippen LogP contribution in [-0.4, -0.2) is 41.5 Å². The van der Waals surface area contributed by atoms with E-state index in [9.17, 15) is 14.7 Å². The fourth-order valence-electron chi connectivity index (χ4n) is 4.71. The highest BCUT2D eigenvalue weighted by Crippen LogP contribution is 2.70. The van der Waals surface area contributed by atoms with Gasteiger partial charge in [0.15, 0.2) is 0 Å². The predicted molar refractivity (Wildman–Crippen MR) is 97.5 cm³/mol. The van der Waals surface area contributed by atoms with E-state index >= 15 is 0 Å². The maximum absolute atomic E-state index is 11.6. The molecule has 1 aromatic rings. The van der Waals surface area contributed by atoms with Gasteiger partial charge in [0, 0.05) is 31.1 Å². The summed E-state index contributed by atoms with van der Waals surface area (Å²) in [5.74, 6) is -1.29. The number of fused-ring (bicyclic) bond motifs is 1. The summed E-state index contributed by atoms with van der Waals surface area (Å²) in [5.41, 5.74) is -0.685. The van der Waals surface area contributed by atoms with Gasteiger partial charge in [0.2, 0.25) is 0 Å². The van der Waals surface area contributed by atoms with E-state index in [-0.39, 0.29) is 17.8 Å². The lowest BCUT2D eigenvalue weighted by atomic mass is 9.82. The Morgan fingerprint density at radius 2 is 1.78 bits per heavy atom. The summed E-state index contributed by atoms with van der Waals surface area (Å²) in [6.45, 7) is 7.26. The smallest absolute Gasteiger partial charge is 0.303 e. The van der Waals surface area contributed by atoms with Crippen molar-refractivity contribution in [2.75, 3.05) is 6.61 Å². The van der Waals surface area contributed by atoms with Crippen molar-refractivity contribution >= 4 is 11.9 Å². The van der Waals surface area contributed by atoms with Gasteiger partial charge in [-0.25, -0.2) is 0 Å². The quantitative estimate of drug-likeness (QED) is 0.768. The normalized spacial score (nSPS) is 37.2. The number of carbonyl (C=O) groups is 2. The molecule has 3 rings (SSSR count). The van der Waals surface area contributed by atoms with Crippen molar-refractivity contribution in [2.24, 2.45) is 17.3 Å². The SMILES string of the molecule is CC(=O)O[C@H]1CC2C(C)(COCc3ccccc3)[C@]2(O)[C@H](OC(C)=O)[C@H]1C. The minimum absolute atomic E-state index is 0.161. The van der Waals surface area contributed by atoms with Gasteiger partial charge in [0.05, 0.1) is 13.2 Å². The van der Waals surface area contributed by atoms with Gasteiger partial charge in [-0.05, 0) is 12.0 Å². The number of esters is 2. The number of aliphatic hydroxyl groups is 1. The van der Waals surface area contributed by atoms with Gasteiger partial charge in [-0.15, -0.1) is 0 Å². The summed E-state index contributed by atoms with van der Waals surface area (Å²) in [5, 5.41) is 11.4. The molecule has 0 aliphatic heterocycles. The van der Waals surface area contributed by atoms with E-state index in [1.807, 2.05) is 44.2 Å². The molecule has 0 saturated heterocycles. The molecule has 2 saturated carbocycles. The Labute approximate surface area is 159 Å². The summed E-state index contributed by atoms with van der Waals surface area (Å²) in [6, 6.07) is 9.82. The van der Waals surface area contributed by atoms with Crippen LogP contribution in [0.4, 0.5) is 0 Å². The summed E-state index contributed by atoms with van der Waals surface area (Å²) >= 11 is 0. The topological polar surface area (TPSA) is 82.1 Å². The Kier molecular flexibility index (Phi) is 5.32. The summed E-state index contributed by atoms with van der Waals surface area (Å²) < 4.78 is 16.8. The van der Waals surface area contributed by atoms with E-state index in [4.69, 9.17) is 14.2 Å². The molecule has 148 valence electrons. The van der Waals surface area contributed by atoms with E-state index in [2.05, 4.69) is 0 Å². The van der Waals surface area contributed by atoms with E-state index in [0.29, 0.717) is 19.6 Å². The number of benzene rings is 1. The van der Waals surface area contributed by atoms with Crippen LogP contribution in [0.2, 0.25) is 0 Å². The number of hydrogen-bond acceptors (Lipinski definition) is 6. The van der Waals surface area contributed by atoms with Crippen LogP contribution in [0.1, 0.15) is 39.7 Å². The lowest BCUT2D eigenvalue weighted by Gasteiger charge is -2.38. The van der Waals surface area contributed by atoms with Gasteiger partial charge in [-0.3, -0.25) is 9.59 Å². The van der Waals surface area contributed by atoms with Crippen molar-refractivity contribution < 1.29 is 28.9 Å². The van der Waals surface area contributed by atoms with E-state index in [1.165, 1.54) is 13.8 Å². The zero-order chi connectivity index (χ0) is 19.8. The summed E-state index contributed by atoms with van der Waals surface area (Å²) in [7, 11) is 0. The highest BCUT2D eigenvalue weighted by Gasteiger charge is 2.81. The molecular formula is C21H28O6. The highest BCUT2D eigenvalue weighted by atomic mass is 16.6. The maximum Gasteiger partial charge on any atom is 0.303 e. The molecule has 0 bridgehead atoms. The largest absolute Gasteiger partial charge is 0.462 e. The van der Waals surface area contributed by atoms with Gasteiger partial charge in [-0.2, -0.15) is 0 Å². The second kappa shape index (κ2) is 7.24. The Hall–Kier alpha value is -1.92. The average Bonchev–Trinajstić information content (AvgIpc) is 3.07. The minimum atomic E-state index is -1.18. The fraction of sp³-hybridized carbons (Fsp3) is 0.619. The predicted octanol–water partition coefficient (Wildman–Crippen LogP) is 2.47. The van der Waals surface area contributed by atoms with E-state index in [1.54, 1.807) is 0 Å². The Balaban J connectivity index is 1.74. The fourth-order valence-corrected chi connectivity index (χ4v) is 4.71.